The molecule has 28 heteroatoms. The zero-order valence-electron chi connectivity index (χ0n) is 33.2. The van der Waals surface area contributed by atoms with Crippen LogP contribution in [0.4, 0.5) is 79.0 Å². The summed E-state index contributed by atoms with van der Waals surface area (Å²) in [6, 6.07) is 46.5. The first-order valence-corrected chi connectivity index (χ1v) is 22.9. The molecule has 5 rings (SSSR count). The predicted molar refractivity (Wildman–Crippen MR) is 217 cm³/mol. The summed E-state index contributed by atoms with van der Waals surface area (Å²) in [5.41, 5.74) is 6.56. The van der Waals surface area contributed by atoms with Crippen molar-refractivity contribution < 1.29 is 105 Å². The molecular weight excluding hydrogens is 1140 g/mol. The molecule has 0 saturated heterocycles. The Morgan fingerprint density at radius 2 is 0.853 bits per heavy atom. The maximum absolute atomic E-state index is 12.2. The Labute approximate surface area is 390 Å². The molecule has 0 unspecified atom stereocenters. The topological polar surface area (TPSA) is 112 Å². The molecule has 0 atom stereocenters. The summed E-state index contributed by atoms with van der Waals surface area (Å²) in [6.07, 6.45) is -13.4. The van der Waals surface area contributed by atoms with Gasteiger partial charge < -0.3 is 4.55 Å². The summed E-state index contributed by atoms with van der Waals surface area (Å²) in [6.45, 7) is 2.15. The van der Waals surface area contributed by atoms with Gasteiger partial charge in [-0.05, 0) is 101 Å². The Hall–Kier alpha value is -4.26. The Bertz CT molecular complexity index is 2590. The molecule has 5 aromatic rings. The molecule has 0 aromatic heterocycles. The van der Waals surface area contributed by atoms with Crippen LogP contribution in [-0.4, -0.2) is 72.5 Å². The van der Waals surface area contributed by atoms with Crippen molar-refractivity contribution in [2.45, 2.75) is 74.6 Å². The Kier molecular flexibility index (Phi) is 17.6. The van der Waals surface area contributed by atoms with E-state index in [9.17, 15) is 100 Å². The number of hydrogen-bond donors (Lipinski definition) is 1. The van der Waals surface area contributed by atoms with Gasteiger partial charge in [-0.15, -0.1) is 0 Å². The number of halogens is 19. The van der Waals surface area contributed by atoms with Crippen molar-refractivity contribution in [3.05, 3.63) is 148 Å². The Morgan fingerprint density at radius 3 is 1.21 bits per heavy atom. The molecule has 0 aliphatic rings. The first kappa shape index (κ1) is 58.1. The van der Waals surface area contributed by atoms with Gasteiger partial charge in [-0.1, -0.05) is 90.5 Å². The second kappa shape index (κ2) is 20.6. The second-order valence-corrected chi connectivity index (χ2v) is 19.8. The minimum atomic E-state index is -7.43. The predicted octanol–water partition coefficient (Wildman–Crippen LogP) is 13.2. The largest absolute Gasteiger partial charge is 0.743 e. The zero-order chi connectivity index (χ0) is 52.3. The van der Waals surface area contributed by atoms with Crippen molar-refractivity contribution in [1.82, 2.24) is 0 Å². The summed E-state index contributed by atoms with van der Waals surface area (Å²) in [7, 11) is -14.7. The lowest BCUT2D eigenvalue weighted by molar-refractivity contribution is -0.382. The molecule has 6 nitrogen and oxygen atoms in total. The molecule has 0 amide bonds. The SMILES string of the molecule is Cc1ccc(I)c(-c2ccc(Cc3ccc([S+](c4ccccc4)c4ccccc4)cc3)cc2)c1.O=S(=O)(O)C(F)(F)C(F)(F)C(F)(F)C(F)(F)F.O=S(=O)([O-])C(F)(F)C(F)(F)C(F)(F)C(F)(F)F. The molecular formula is C40H27F18IO6S3. The van der Waals surface area contributed by atoms with Gasteiger partial charge in [0.1, 0.15) is 0 Å². The van der Waals surface area contributed by atoms with Crippen LogP contribution in [0, 0.1) is 10.5 Å². The number of hydrogen-bond acceptors (Lipinski definition) is 5. The fourth-order valence-corrected chi connectivity index (χ4v) is 8.83. The maximum atomic E-state index is 12.2. The summed E-state index contributed by atoms with van der Waals surface area (Å²) in [4.78, 5) is 4.05. The van der Waals surface area contributed by atoms with E-state index in [1.807, 2.05) is 0 Å². The highest BCUT2D eigenvalue weighted by molar-refractivity contribution is 14.1. The first-order chi connectivity index (χ1) is 30.7. The molecule has 374 valence electrons. The van der Waals surface area contributed by atoms with Crippen LogP contribution in [0.15, 0.2) is 142 Å². The summed E-state index contributed by atoms with van der Waals surface area (Å²) < 4.78 is 271. The van der Waals surface area contributed by atoms with Crippen LogP contribution >= 0.6 is 22.6 Å². The van der Waals surface area contributed by atoms with E-state index in [1.54, 1.807) is 0 Å². The molecule has 0 spiro atoms. The highest BCUT2D eigenvalue weighted by Gasteiger charge is 2.86. The van der Waals surface area contributed by atoms with Gasteiger partial charge in [-0.3, -0.25) is 4.55 Å². The van der Waals surface area contributed by atoms with Crippen molar-refractivity contribution >= 4 is 53.7 Å². The minimum absolute atomic E-state index is 0.0987. The van der Waals surface area contributed by atoms with Gasteiger partial charge in [0, 0.05) is 3.57 Å². The van der Waals surface area contributed by atoms with Crippen LogP contribution in [-0.2, 0) is 37.6 Å². The lowest BCUT2D eigenvalue weighted by atomic mass is 9.99. The number of alkyl halides is 18. The molecule has 0 heterocycles. The van der Waals surface area contributed by atoms with Gasteiger partial charge in [-0.25, -0.2) is 8.42 Å². The van der Waals surface area contributed by atoms with Gasteiger partial charge in [0.2, 0.25) is 0 Å². The third-order valence-corrected chi connectivity index (χ3v) is 13.7. The standard InChI is InChI=1S/C32H26IS.2C4HF9O3S/c1-24-12-21-32(33)31(22-24)27-17-13-25(14-18-27)23-26-15-19-30(20-16-26)34(28-8-4-2-5-9-28)29-10-6-3-7-11-29;2*5-1(6,3(9,10)11)2(7,8)4(12,13)17(14,15)16/h2-22H,23H2,1H3;2*(H,14,15,16)/q+1;;/p-1. The van der Waals surface area contributed by atoms with E-state index in [0.29, 0.717) is 0 Å². The average Bonchev–Trinajstić information content (AvgIpc) is 3.22. The number of rotatable bonds is 12. The van der Waals surface area contributed by atoms with Crippen molar-refractivity contribution in [2.75, 3.05) is 0 Å². The smallest absolute Gasteiger partial charge is 0.460 e. The van der Waals surface area contributed by atoms with Gasteiger partial charge in [0.05, 0.1) is 10.9 Å². The fraction of sp³-hybridized carbons (Fsp3) is 0.250. The van der Waals surface area contributed by atoms with E-state index in [4.69, 9.17) is 4.55 Å². The van der Waals surface area contributed by atoms with Crippen LogP contribution in [0.1, 0.15) is 16.7 Å². The molecule has 0 saturated carbocycles. The molecule has 0 radical (unpaired) electrons. The van der Waals surface area contributed by atoms with Crippen molar-refractivity contribution in [3.8, 4) is 11.1 Å². The van der Waals surface area contributed by atoms with Gasteiger partial charge in [-0.2, -0.15) is 87.4 Å². The quantitative estimate of drug-likeness (QED) is 0.0576. The molecule has 5 aromatic carbocycles. The second-order valence-electron chi connectivity index (χ2n) is 13.7. The van der Waals surface area contributed by atoms with E-state index in [-0.39, 0.29) is 10.9 Å². The zero-order valence-corrected chi connectivity index (χ0v) is 37.8. The van der Waals surface area contributed by atoms with Crippen molar-refractivity contribution in [2.24, 2.45) is 0 Å². The number of aryl methyl sites for hydroxylation is 1. The molecule has 0 aliphatic carbocycles. The van der Waals surface area contributed by atoms with Crippen molar-refractivity contribution in [1.29, 1.82) is 0 Å². The van der Waals surface area contributed by atoms with Crippen LogP contribution in [0.2, 0.25) is 0 Å². The third kappa shape index (κ3) is 12.2. The normalized spacial score (nSPS) is 13.6. The van der Waals surface area contributed by atoms with E-state index >= 15 is 0 Å². The molecule has 0 fully saturated rings. The van der Waals surface area contributed by atoms with E-state index in [1.165, 1.54) is 46.1 Å². The maximum Gasteiger partial charge on any atom is 0.460 e. The van der Waals surface area contributed by atoms with Crippen LogP contribution in [0.25, 0.3) is 11.1 Å². The fourth-order valence-electron chi connectivity index (χ4n) is 5.20. The van der Waals surface area contributed by atoms with E-state index < -0.39 is 66.8 Å². The van der Waals surface area contributed by atoms with E-state index in [0.717, 1.165) is 6.42 Å². The molecule has 0 bridgehead atoms. The number of benzene rings is 5. The highest BCUT2D eigenvalue weighted by atomic mass is 127. The van der Waals surface area contributed by atoms with Crippen LogP contribution < -0.4 is 0 Å². The third-order valence-electron chi connectivity index (χ3n) is 8.78. The monoisotopic (exact) mass is 1170 g/mol. The first-order valence-electron chi connectivity index (χ1n) is 17.8. The Morgan fingerprint density at radius 1 is 0.500 bits per heavy atom. The lowest BCUT2D eigenvalue weighted by Gasteiger charge is -2.34. The molecule has 1 N–H and O–H groups in total. The average molecular weight is 1170 g/mol. The van der Waals surface area contributed by atoms with Gasteiger partial charge in [0.25, 0.3) is 0 Å². The molecule has 68 heavy (non-hydrogen) atoms. The molecule has 0 aliphatic heterocycles. The lowest BCUT2D eigenvalue weighted by Crippen LogP contribution is -2.63. The van der Waals surface area contributed by atoms with Crippen LogP contribution in [0.3, 0.4) is 0 Å². The highest BCUT2D eigenvalue weighted by Crippen LogP contribution is 2.55. The minimum Gasteiger partial charge on any atom is -0.743 e. The summed E-state index contributed by atoms with van der Waals surface area (Å²) in [5, 5.41) is -14.1. The van der Waals surface area contributed by atoms with Crippen molar-refractivity contribution in [3.63, 3.8) is 0 Å². The summed E-state index contributed by atoms with van der Waals surface area (Å²) in [5.74, 6) is -29.5. The van der Waals surface area contributed by atoms with Crippen LogP contribution in [0.5, 0.6) is 0 Å². The summed E-state index contributed by atoms with van der Waals surface area (Å²) >= 11 is 2.42. The van der Waals surface area contributed by atoms with E-state index in [2.05, 4.69) is 157 Å². The Balaban J connectivity index is 0.000000305. The van der Waals surface area contributed by atoms with Gasteiger partial charge in [0.15, 0.2) is 24.8 Å². The van der Waals surface area contributed by atoms with Gasteiger partial charge >= 0.3 is 56.7 Å².